The molecular formula is C16H21N5O3. The number of carbonyl (C=O) groups excluding carboxylic acids is 2. The van der Waals surface area contributed by atoms with E-state index in [1.165, 1.54) is 0 Å². The Bertz CT molecular complexity index is 711. The summed E-state index contributed by atoms with van der Waals surface area (Å²) in [4.78, 5) is 27.1. The lowest BCUT2D eigenvalue weighted by Crippen LogP contribution is -2.36. The molecule has 4 N–H and O–H groups in total. The van der Waals surface area contributed by atoms with E-state index in [9.17, 15) is 9.59 Å². The Morgan fingerprint density at radius 3 is 2.75 bits per heavy atom. The molecule has 0 unspecified atom stereocenters. The molecule has 0 spiro atoms. The van der Waals surface area contributed by atoms with Gasteiger partial charge in [0.15, 0.2) is 5.82 Å². The van der Waals surface area contributed by atoms with Crippen LogP contribution in [0.3, 0.4) is 0 Å². The Kier molecular flexibility index (Phi) is 5.89. The summed E-state index contributed by atoms with van der Waals surface area (Å²) < 4.78 is 5.10. The van der Waals surface area contributed by atoms with E-state index in [-0.39, 0.29) is 11.9 Å². The Morgan fingerprint density at radius 2 is 2.08 bits per heavy atom. The highest BCUT2D eigenvalue weighted by atomic mass is 16.5. The largest absolute Gasteiger partial charge is 0.366 e. The fourth-order valence-corrected chi connectivity index (χ4v) is 1.97. The summed E-state index contributed by atoms with van der Waals surface area (Å²) in [6.45, 7) is 4.64. The molecule has 1 aromatic heterocycles. The molecule has 1 heterocycles. The van der Waals surface area contributed by atoms with Crippen LogP contribution >= 0.6 is 0 Å². The van der Waals surface area contributed by atoms with Crippen LogP contribution in [0, 0.1) is 0 Å². The molecule has 0 saturated heterocycles. The molecule has 0 bridgehead atoms. The lowest BCUT2D eigenvalue weighted by molar-refractivity contribution is 0.1000. The molecule has 128 valence electrons. The smallest absolute Gasteiger partial charge is 0.315 e. The first-order chi connectivity index (χ1) is 11.5. The van der Waals surface area contributed by atoms with Gasteiger partial charge in [-0.1, -0.05) is 31.1 Å². The van der Waals surface area contributed by atoms with Crippen LogP contribution in [0.2, 0.25) is 0 Å². The number of urea groups is 1. The van der Waals surface area contributed by atoms with Gasteiger partial charge in [0.25, 0.3) is 0 Å². The molecule has 1 aromatic carbocycles. The predicted molar refractivity (Wildman–Crippen MR) is 87.3 cm³/mol. The van der Waals surface area contributed by atoms with Crippen LogP contribution in [0.25, 0.3) is 0 Å². The van der Waals surface area contributed by atoms with Crippen molar-refractivity contribution in [2.45, 2.75) is 32.7 Å². The van der Waals surface area contributed by atoms with Gasteiger partial charge in [-0.25, -0.2) is 4.79 Å². The van der Waals surface area contributed by atoms with Crippen LogP contribution in [0.4, 0.5) is 4.79 Å². The van der Waals surface area contributed by atoms with Crippen molar-refractivity contribution in [3.8, 4) is 0 Å². The van der Waals surface area contributed by atoms with E-state index in [1.807, 2.05) is 13.8 Å². The lowest BCUT2D eigenvalue weighted by Gasteiger charge is -2.07. The molecule has 3 amide bonds. The van der Waals surface area contributed by atoms with E-state index in [4.69, 9.17) is 10.3 Å². The minimum Gasteiger partial charge on any atom is -0.366 e. The van der Waals surface area contributed by atoms with Crippen molar-refractivity contribution in [3.05, 3.63) is 47.1 Å². The standard InChI is InChI=1S/C16H21N5O3/c1-10(2)15-20-13(24-21-15)6-7-18-16(23)19-9-11-4-3-5-12(8-11)14(17)22/h3-5,8,10H,6-7,9H2,1-2H3,(H2,17,22)(H2,18,19,23). The van der Waals surface area contributed by atoms with E-state index in [1.54, 1.807) is 24.3 Å². The molecule has 8 heteroatoms. The number of rotatable bonds is 7. The lowest BCUT2D eigenvalue weighted by atomic mass is 10.1. The first kappa shape index (κ1) is 17.5. The Balaban J connectivity index is 1.73. The fraction of sp³-hybridized carbons (Fsp3) is 0.375. The van der Waals surface area contributed by atoms with Crippen molar-refractivity contribution in [2.24, 2.45) is 5.73 Å². The number of hydrogen-bond acceptors (Lipinski definition) is 5. The maximum Gasteiger partial charge on any atom is 0.315 e. The second-order valence-corrected chi connectivity index (χ2v) is 5.63. The second kappa shape index (κ2) is 8.09. The van der Waals surface area contributed by atoms with Gasteiger partial charge >= 0.3 is 6.03 Å². The highest BCUT2D eigenvalue weighted by Crippen LogP contribution is 2.09. The minimum absolute atomic E-state index is 0.204. The van der Waals surface area contributed by atoms with Gasteiger partial charge in [0, 0.05) is 31.0 Å². The van der Waals surface area contributed by atoms with E-state index in [0.29, 0.717) is 36.8 Å². The molecule has 0 saturated carbocycles. The van der Waals surface area contributed by atoms with Gasteiger partial charge in [-0.05, 0) is 17.7 Å². The Labute approximate surface area is 139 Å². The van der Waals surface area contributed by atoms with Crippen molar-refractivity contribution < 1.29 is 14.1 Å². The van der Waals surface area contributed by atoms with Crippen LogP contribution in [0.1, 0.15) is 47.4 Å². The summed E-state index contributed by atoms with van der Waals surface area (Å²) in [6.07, 6.45) is 0.463. The monoisotopic (exact) mass is 331 g/mol. The topological polar surface area (TPSA) is 123 Å². The third-order valence-corrected chi connectivity index (χ3v) is 3.29. The Hall–Kier alpha value is -2.90. The molecule has 0 aliphatic carbocycles. The second-order valence-electron chi connectivity index (χ2n) is 5.63. The zero-order valence-corrected chi connectivity index (χ0v) is 13.7. The number of nitrogens with zero attached hydrogens (tertiary/aromatic N) is 2. The molecule has 2 rings (SSSR count). The molecule has 8 nitrogen and oxygen atoms in total. The minimum atomic E-state index is -0.498. The third kappa shape index (κ3) is 5.08. The quantitative estimate of drug-likeness (QED) is 0.706. The fourth-order valence-electron chi connectivity index (χ4n) is 1.97. The number of carbonyl (C=O) groups is 2. The van der Waals surface area contributed by atoms with Crippen molar-refractivity contribution in [1.29, 1.82) is 0 Å². The average molecular weight is 331 g/mol. The highest BCUT2D eigenvalue weighted by molar-refractivity contribution is 5.92. The van der Waals surface area contributed by atoms with E-state index in [2.05, 4.69) is 20.8 Å². The van der Waals surface area contributed by atoms with Crippen LogP contribution in [-0.4, -0.2) is 28.6 Å². The van der Waals surface area contributed by atoms with Crippen molar-refractivity contribution in [2.75, 3.05) is 6.54 Å². The third-order valence-electron chi connectivity index (χ3n) is 3.29. The number of amides is 3. The molecule has 0 fully saturated rings. The first-order valence-electron chi connectivity index (χ1n) is 7.68. The molecule has 0 aliphatic rings. The summed E-state index contributed by atoms with van der Waals surface area (Å²) in [5.74, 6) is 0.855. The van der Waals surface area contributed by atoms with E-state index >= 15 is 0 Å². The number of hydrogen-bond donors (Lipinski definition) is 3. The van der Waals surface area contributed by atoms with Crippen LogP contribution in [0.15, 0.2) is 28.8 Å². The maximum atomic E-state index is 11.8. The number of nitrogens with one attached hydrogen (secondary N) is 2. The Morgan fingerprint density at radius 1 is 1.29 bits per heavy atom. The van der Waals surface area contributed by atoms with Crippen LogP contribution in [0.5, 0.6) is 0 Å². The van der Waals surface area contributed by atoms with Crippen LogP contribution < -0.4 is 16.4 Å². The molecular weight excluding hydrogens is 310 g/mol. The highest BCUT2D eigenvalue weighted by Gasteiger charge is 2.10. The van der Waals surface area contributed by atoms with Gasteiger partial charge in [-0.2, -0.15) is 4.98 Å². The summed E-state index contributed by atoms with van der Waals surface area (Å²) in [6, 6.07) is 6.48. The zero-order chi connectivity index (χ0) is 17.5. The number of primary amides is 1. The summed E-state index contributed by atoms with van der Waals surface area (Å²) >= 11 is 0. The average Bonchev–Trinajstić information content (AvgIpc) is 3.02. The van der Waals surface area contributed by atoms with Crippen molar-refractivity contribution >= 4 is 11.9 Å². The van der Waals surface area contributed by atoms with Gasteiger partial charge in [0.1, 0.15) is 0 Å². The molecule has 0 radical (unpaired) electrons. The summed E-state index contributed by atoms with van der Waals surface area (Å²) in [5.41, 5.74) is 6.42. The maximum absolute atomic E-state index is 11.8. The van der Waals surface area contributed by atoms with Crippen molar-refractivity contribution in [1.82, 2.24) is 20.8 Å². The van der Waals surface area contributed by atoms with Gasteiger partial charge in [-0.15, -0.1) is 0 Å². The van der Waals surface area contributed by atoms with Gasteiger partial charge in [-0.3, -0.25) is 4.79 Å². The van der Waals surface area contributed by atoms with Crippen LogP contribution in [-0.2, 0) is 13.0 Å². The summed E-state index contributed by atoms with van der Waals surface area (Å²) in [5, 5.41) is 9.27. The normalized spacial score (nSPS) is 10.6. The molecule has 0 aliphatic heterocycles. The number of aromatic nitrogens is 2. The van der Waals surface area contributed by atoms with E-state index < -0.39 is 5.91 Å². The summed E-state index contributed by atoms with van der Waals surface area (Å²) in [7, 11) is 0. The van der Waals surface area contributed by atoms with Gasteiger partial charge in [0.2, 0.25) is 11.8 Å². The van der Waals surface area contributed by atoms with Gasteiger partial charge in [0.05, 0.1) is 0 Å². The molecule has 24 heavy (non-hydrogen) atoms. The SMILES string of the molecule is CC(C)c1noc(CCNC(=O)NCc2cccc(C(N)=O)c2)n1. The first-order valence-corrected chi connectivity index (χ1v) is 7.68. The number of benzene rings is 1. The zero-order valence-electron chi connectivity index (χ0n) is 13.7. The van der Waals surface area contributed by atoms with E-state index in [0.717, 1.165) is 5.56 Å². The van der Waals surface area contributed by atoms with Gasteiger partial charge < -0.3 is 20.9 Å². The molecule has 0 atom stereocenters. The molecule has 2 aromatic rings. The number of nitrogens with two attached hydrogens (primary N) is 1. The predicted octanol–water partition coefficient (Wildman–Crippen LogP) is 1.33. The van der Waals surface area contributed by atoms with Crippen molar-refractivity contribution in [3.63, 3.8) is 0 Å².